The zero-order valence-electron chi connectivity index (χ0n) is 8.96. The summed E-state index contributed by atoms with van der Waals surface area (Å²) < 4.78 is 38.3. The smallest absolute Gasteiger partial charge is 0.299 e. The highest BCUT2D eigenvalue weighted by Crippen LogP contribution is 2.38. The van der Waals surface area contributed by atoms with Crippen molar-refractivity contribution in [3.05, 3.63) is 29.6 Å². The number of aromatic nitrogens is 1. The molecule has 0 radical (unpaired) electrons. The second-order valence-electron chi connectivity index (χ2n) is 4.10. The van der Waals surface area contributed by atoms with Crippen LogP contribution in [-0.2, 0) is 6.18 Å². The van der Waals surface area contributed by atoms with E-state index in [0.29, 0.717) is 5.56 Å². The molecule has 1 aromatic rings. The molecule has 2 rings (SSSR count). The maximum absolute atomic E-state index is 12.8. The summed E-state index contributed by atoms with van der Waals surface area (Å²) in [5, 5.41) is 0. The molecule has 1 unspecified atom stereocenters. The standard InChI is InChI=1S/C11H13F3N2/c1-16-6-2-3-10(16)8-7-15-5-4-9(8)11(12,13)14/h4-5,7,10H,2-3,6H2,1H3. The van der Waals surface area contributed by atoms with Crippen LogP contribution in [0.25, 0.3) is 0 Å². The second-order valence-corrected chi connectivity index (χ2v) is 4.10. The molecule has 0 N–H and O–H groups in total. The van der Waals surface area contributed by atoms with E-state index in [1.165, 1.54) is 12.4 Å². The number of rotatable bonds is 1. The first-order valence-electron chi connectivity index (χ1n) is 5.21. The van der Waals surface area contributed by atoms with Gasteiger partial charge in [-0.3, -0.25) is 9.88 Å². The Bertz CT molecular complexity index is 376. The van der Waals surface area contributed by atoms with E-state index < -0.39 is 11.7 Å². The van der Waals surface area contributed by atoms with Gasteiger partial charge in [0.25, 0.3) is 0 Å². The summed E-state index contributed by atoms with van der Waals surface area (Å²) in [4.78, 5) is 5.76. The summed E-state index contributed by atoms with van der Waals surface area (Å²) in [6, 6.07) is 0.909. The maximum Gasteiger partial charge on any atom is 0.416 e. The van der Waals surface area contributed by atoms with Crippen molar-refractivity contribution < 1.29 is 13.2 Å². The highest BCUT2D eigenvalue weighted by molar-refractivity contribution is 5.29. The van der Waals surface area contributed by atoms with Gasteiger partial charge in [0, 0.05) is 18.4 Å². The lowest BCUT2D eigenvalue weighted by molar-refractivity contribution is -0.138. The average Bonchev–Trinajstić information content (AvgIpc) is 2.63. The summed E-state index contributed by atoms with van der Waals surface area (Å²) in [7, 11) is 1.85. The van der Waals surface area contributed by atoms with E-state index in [1.807, 2.05) is 11.9 Å². The zero-order chi connectivity index (χ0) is 11.8. The predicted octanol–water partition coefficient (Wildman–Crippen LogP) is 2.87. The highest BCUT2D eigenvalue weighted by Gasteiger charge is 2.37. The van der Waals surface area contributed by atoms with Gasteiger partial charge in [-0.15, -0.1) is 0 Å². The molecule has 0 amide bonds. The van der Waals surface area contributed by atoms with Crippen molar-refractivity contribution in [1.29, 1.82) is 0 Å². The molecule has 88 valence electrons. The summed E-state index contributed by atoms with van der Waals surface area (Å²) in [6.45, 7) is 0.844. The molecule has 0 aliphatic carbocycles. The third-order valence-corrected chi connectivity index (χ3v) is 3.04. The molecule has 1 aromatic heterocycles. The normalized spacial score (nSPS) is 22.6. The third-order valence-electron chi connectivity index (χ3n) is 3.04. The molecule has 0 bridgehead atoms. The van der Waals surface area contributed by atoms with Crippen LogP contribution in [0.2, 0.25) is 0 Å². The molecule has 16 heavy (non-hydrogen) atoms. The van der Waals surface area contributed by atoms with Crippen LogP contribution < -0.4 is 0 Å². The molecule has 1 aliphatic rings. The quantitative estimate of drug-likeness (QED) is 0.737. The molecule has 0 saturated carbocycles. The third kappa shape index (κ3) is 2.04. The van der Waals surface area contributed by atoms with Gasteiger partial charge in [0.05, 0.1) is 5.56 Å². The van der Waals surface area contributed by atoms with Crippen LogP contribution in [-0.4, -0.2) is 23.5 Å². The fourth-order valence-electron chi connectivity index (χ4n) is 2.23. The van der Waals surface area contributed by atoms with Crippen LogP contribution in [0.1, 0.15) is 30.0 Å². The Morgan fingerprint density at radius 1 is 1.44 bits per heavy atom. The lowest BCUT2D eigenvalue weighted by atomic mass is 10.0. The van der Waals surface area contributed by atoms with Gasteiger partial charge in [-0.1, -0.05) is 0 Å². The van der Waals surface area contributed by atoms with Gasteiger partial charge in [0.15, 0.2) is 0 Å². The van der Waals surface area contributed by atoms with Crippen molar-refractivity contribution in [2.24, 2.45) is 0 Å². The van der Waals surface area contributed by atoms with E-state index in [2.05, 4.69) is 4.98 Å². The van der Waals surface area contributed by atoms with E-state index >= 15 is 0 Å². The number of pyridine rings is 1. The lowest BCUT2D eigenvalue weighted by Gasteiger charge is -2.22. The number of likely N-dealkylation sites (tertiary alicyclic amines) is 1. The molecular weight excluding hydrogens is 217 g/mol. The first-order valence-corrected chi connectivity index (χ1v) is 5.21. The fourth-order valence-corrected chi connectivity index (χ4v) is 2.23. The van der Waals surface area contributed by atoms with Gasteiger partial charge in [-0.25, -0.2) is 0 Å². The second kappa shape index (κ2) is 4.05. The summed E-state index contributed by atoms with van der Waals surface area (Å²) >= 11 is 0. The monoisotopic (exact) mass is 230 g/mol. The summed E-state index contributed by atoms with van der Waals surface area (Å²) in [5.74, 6) is 0. The number of halogens is 3. The van der Waals surface area contributed by atoms with E-state index in [0.717, 1.165) is 25.5 Å². The number of hydrogen-bond acceptors (Lipinski definition) is 2. The SMILES string of the molecule is CN1CCCC1c1cnccc1C(F)(F)F. The molecule has 1 aliphatic heterocycles. The molecule has 2 heterocycles. The van der Waals surface area contributed by atoms with Crippen molar-refractivity contribution in [1.82, 2.24) is 9.88 Å². The Balaban J connectivity index is 2.40. The molecule has 1 fully saturated rings. The molecule has 5 heteroatoms. The molecule has 1 atom stereocenters. The Hall–Kier alpha value is -1.10. The van der Waals surface area contributed by atoms with Crippen molar-refractivity contribution in [3.63, 3.8) is 0 Å². The minimum atomic E-state index is -4.29. The Kier molecular flexibility index (Phi) is 2.88. The first-order chi connectivity index (χ1) is 7.50. The number of alkyl halides is 3. The van der Waals surface area contributed by atoms with Gasteiger partial charge in [0.2, 0.25) is 0 Å². The van der Waals surface area contributed by atoms with E-state index in [1.54, 1.807) is 0 Å². The van der Waals surface area contributed by atoms with Crippen molar-refractivity contribution >= 4 is 0 Å². The minimum Gasteiger partial charge on any atom is -0.299 e. The van der Waals surface area contributed by atoms with Crippen LogP contribution in [0, 0.1) is 0 Å². The summed E-state index contributed by atoms with van der Waals surface area (Å²) in [5.41, 5.74) is -0.253. The van der Waals surface area contributed by atoms with Crippen LogP contribution in [0.15, 0.2) is 18.5 Å². The molecule has 0 spiro atoms. The van der Waals surface area contributed by atoms with Crippen LogP contribution in [0.4, 0.5) is 13.2 Å². The summed E-state index contributed by atoms with van der Waals surface area (Å²) in [6.07, 6.45) is -0.0447. The Labute approximate surface area is 92.1 Å². The van der Waals surface area contributed by atoms with Gasteiger partial charge in [-0.2, -0.15) is 13.2 Å². The average molecular weight is 230 g/mol. The number of nitrogens with zero attached hydrogens (tertiary/aromatic N) is 2. The van der Waals surface area contributed by atoms with E-state index in [4.69, 9.17) is 0 Å². The molecule has 0 aromatic carbocycles. The van der Waals surface area contributed by atoms with Crippen LogP contribution in [0.3, 0.4) is 0 Å². The highest BCUT2D eigenvalue weighted by atomic mass is 19.4. The largest absolute Gasteiger partial charge is 0.416 e. The van der Waals surface area contributed by atoms with Gasteiger partial charge in [-0.05, 0) is 38.1 Å². The van der Waals surface area contributed by atoms with Gasteiger partial charge in [0.1, 0.15) is 0 Å². The fraction of sp³-hybridized carbons (Fsp3) is 0.545. The van der Waals surface area contributed by atoms with Gasteiger partial charge < -0.3 is 0 Å². The zero-order valence-corrected chi connectivity index (χ0v) is 8.96. The van der Waals surface area contributed by atoms with Crippen LogP contribution >= 0.6 is 0 Å². The van der Waals surface area contributed by atoms with Crippen LogP contribution in [0.5, 0.6) is 0 Å². The molecule has 1 saturated heterocycles. The molecular formula is C11H13F3N2. The van der Waals surface area contributed by atoms with E-state index in [-0.39, 0.29) is 6.04 Å². The maximum atomic E-state index is 12.8. The van der Waals surface area contributed by atoms with E-state index in [9.17, 15) is 13.2 Å². The van der Waals surface area contributed by atoms with Crippen molar-refractivity contribution in [2.75, 3.05) is 13.6 Å². The van der Waals surface area contributed by atoms with Crippen molar-refractivity contribution in [2.45, 2.75) is 25.1 Å². The predicted molar refractivity (Wildman–Crippen MR) is 53.8 cm³/mol. The molecule has 2 nitrogen and oxygen atoms in total. The van der Waals surface area contributed by atoms with Gasteiger partial charge >= 0.3 is 6.18 Å². The first kappa shape index (κ1) is 11.4. The Morgan fingerprint density at radius 2 is 2.19 bits per heavy atom. The Morgan fingerprint density at radius 3 is 2.75 bits per heavy atom. The topological polar surface area (TPSA) is 16.1 Å². The van der Waals surface area contributed by atoms with Crippen molar-refractivity contribution in [3.8, 4) is 0 Å². The minimum absolute atomic E-state index is 0.148. The number of hydrogen-bond donors (Lipinski definition) is 0. The lowest BCUT2D eigenvalue weighted by Crippen LogP contribution is -2.21.